The van der Waals surface area contributed by atoms with E-state index in [-0.39, 0.29) is 17.1 Å². The Morgan fingerprint density at radius 1 is 1.12 bits per heavy atom. The Labute approximate surface area is 190 Å². The minimum atomic E-state index is -0.601. The predicted molar refractivity (Wildman–Crippen MR) is 119 cm³/mol. The summed E-state index contributed by atoms with van der Waals surface area (Å²) < 4.78 is 5.67. The molecule has 1 saturated heterocycles. The molecule has 1 aromatic heterocycles. The summed E-state index contributed by atoms with van der Waals surface area (Å²) in [5, 5.41) is 10.9. The lowest BCUT2D eigenvalue weighted by Gasteiger charge is -2.11. The van der Waals surface area contributed by atoms with Crippen LogP contribution in [0.15, 0.2) is 70.0 Å². The molecule has 8 nitrogen and oxygen atoms in total. The topological polar surface area (TPSA) is 111 Å². The molecule has 0 atom stereocenters. The van der Waals surface area contributed by atoms with Crippen LogP contribution < -0.4 is 0 Å². The molecule has 0 unspecified atom stereocenters. The number of thioether (sulfide) groups is 1. The number of halogens is 1. The number of furan rings is 1. The molecule has 1 fully saturated rings. The highest BCUT2D eigenvalue weighted by Crippen LogP contribution is 2.34. The number of non-ortho nitro benzene ring substituents is 1. The number of hydrogen-bond acceptors (Lipinski definition) is 7. The van der Waals surface area contributed by atoms with E-state index in [9.17, 15) is 24.5 Å². The largest absolute Gasteiger partial charge is 0.457 e. The minimum absolute atomic E-state index is 0.0769. The molecule has 0 bridgehead atoms. The van der Waals surface area contributed by atoms with Gasteiger partial charge in [0.2, 0.25) is 0 Å². The van der Waals surface area contributed by atoms with Crippen LogP contribution in [0, 0.1) is 10.1 Å². The first kappa shape index (κ1) is 21.5. The molecule has 1 aliphatic heterocycles. The molecule has 160 valence electrons. The van der Waals surface area contributed by atoms with Gasteiger partial charge in [-0.2, -0.15) is 0 Å². The number of hydrogen-bond donors (Lipinski definition) is 0. The Morgan fingerprint density at radius 3 is 2.59 bits per heavy atom. The average molecular weight is 469 g/mol. The zero-order chi connectivity index (χ0) is 22.8. The maximum atomic E-state index is 12.7. The van der Waals surface area contributed by atoms with Gasteiger partial charge in [0.25, 0.3) is 16.8 Å². The van der Waals surface area contributed by atoms with Gasteiger partial charge in [-0.1, -0.05) is 23.7 Å². The number of Topliss-reactive ketones (excluding diaryl/α,β-unsaturated/α-hetero) is 1. The van der Waals surface area contributed by atoms with E-state index in [1.807, 2.05) is 0 Å². The van der Waals surface area contributed by atoms with Crippen molar-refractivity contribution in [3.05, 3.63) is 92.0 Å². The van der Waals surface area contributed by atoms with E-state index in [4.69, 9.17) is 16.0 Å². The maximum absolute atomic E-state index is 12.7. The number of carbonyl (C=O) groups excluding carboxylic acids is 3. The van der Waals surface area contributed by atoms with Crippen LogP contribution in [0.5, 0.6) is 0 Å². The van der Waals surface area contributed by atoms with Crippen LogP contribution in [0.1, 0.15) is 16.1 Å². The number of ketones is 1. The van der Waals surface area contributed by atoms with Crippen molar-refractivity contribution < 1.29 is 23.7 Å². The second-order valence-electron chi connectivity index (χ2n) is 6.71. The molecule has 2 aromatic carbocycles. The van der Waals surface area contributed by atoms with Crippen molar-refractivity contribution in [2.75, 3.05) is 6.54 Å². The number of rotatable bonds is 6. The zero-order valence-corrected chi connectivity index (χ0v) is 17.8. The fourth-order valence-corrected chi connectivity index (χ4v) is 3.94. The molecule has 2 heterocycles. The maximum Gasteiger partial charge on any atom is 0.293 e. The van der Waals surface area contributed by atoms with E-state index in [0.717, 1.165) is 4.90 Å². The Hall–Kier alpha value is -3.69. The van der Waals surface area contributed by atoms with E-state index >= 15 is 0 Å². The molecule has 4 rings (SSSR count). The minimum Gasteiger partial charge on any atom is -0.457 e. The lowest BCUT2D eigenvalue weighted by Crippen LogP contribution is -2.33. The second-order valence-corrected chi connectivity index (χ2v) is 8.14. The SMILES string of the molecule is O=C(CN1C(=O)S/C(=C/c2ccc(-c3cccc([N+](=O)[O-])c3)o2)C1=O)c1ccc(Cl)cc1. The van der Waals surface area contributed by atoms with Crippen molar-refractivity contribution in [3.63, 3.8) is 0 Å². The lowest BCUT2D eigenvalue weighted by molar-refractivity contribution is -0.384. The first-order chi connectivity index (χ1) is 15.3. The molecule has 10 heteroatoms. The first-order valence-corrected chi connectivity index (χ1v) is 10.4. The van der Waals surface area contributed by atoms with Crippen molar-refractivity contribution in [1.29, 1.82) is 0 Å². The van der Waals surface area contributed by atoms with Crippen LogP contribution in [0.25, 0.3) is 17.4 Å². The zero-order valence-electron chi connectivity index (χ0n) is 16.2. The Bertz CT molecular complexity index is 1280. The van der Waals surface area contributed by atoms with Crippen molar-refractivity contribution in [2.24, 2.45) is 0 Å². The summed E-state index contributed by atoms with van der Waals surface area (Å²) in [4.78, 5) is 48.8. The van der Waals surface area contributed by atoms with Crippen molar-refractivity contribution in [3.8, 4) is 11.3 Å². The van der Waals surface area contributed by atoms with E-state index in [1.54, 1.807) is 36.4 Å². The summed E-state index contributed by atoms with van der Waals surface area (Å²) in [5.74, 6) is -0.329. The van der Waals surface area contributed by atoms with E-state index in [0.29, 0.717) is 39.4 Å². The molecule has 0 spiro atoms. The third-order valence-corrected chi connectivity index (χ3v) is 5.74. The molecular weight excluding hydrogens is 456 g/mol. The van der Waals surface area contributed by atoms with Gasteiger partial charge in [-0.05, 0) is 48.2 Å². The third kappa shape index (κ3) is 4.48. The molecule has 3 aromatic rings. The first-order valence-electron chi connectivity index (χ1n) is 9.20. The molecule has 0 saturated carbocycles. The number of amides is 2. The number of benzene rings is 2. The standard InChI is InChI=1S/C22H13ClN2O6S/c23-15-6-4-13(5-7-15)18(26)12-24-21(27)20(32-22(24)28)11-17-8-9-19(31-17)14-2-1-3-16(10-14)25(29)30/h1-11H,12H2/b20-11+. The summed E-state index contributed by atoms with van der Waals surface area (Å²) >= 11 is 6.52. The van der Waals surface area contributed by atoms with Gasteiger partial charge in [0.1, 0.15) is 11.5 Å². The Balaban J connectivity index is 1.51. The number of carbonyl (C=O) groups is 3. The average Bonchev–Trinajstić information content (AvgIpc) is 3.34. The van der Waals surface area contributed by atoms with Gasteiger partial charge in [-0.15, -0.1) is 0 Å². The Kier molecular flexibility index (Phi) is 5.93. The van der Waals surface area contributed by atoms with Gasteiger partial charge in [-0.3, -0.25) is 29.4 Å². The van der Waals surface area contributed by atoms with Gasteiger partial charge in [0, 0.05) is 34.4 Å². The van der Waals surface area contributed by atoms with Crippen LogP contribution in [0.4, 0.5) is 10.5 Å². The highest BCUT2D eigenvalue weighted by molar-refractivity contribution is 8.18. The van der Waals surface area contributed by atoms with Crippen molar-refractivity contribution in [1.82, 2.24) is 4.90 Å². The summed E-state index contributed by atoms with van der Waals surface area (Å²) in [6.07, 6.45) is 1.40. The molecule has 0 aliphatic carbocycles. The summed E-state index contributed by atoms with van der Waals surface area (Å²) in [5.41, 5.74) is 0.762. The summed E-state index contributed by atoms with van der Waals surface area (Å²) in [6.45, 7) is -0.388. The van der Waals surface area contributed by atoms with Gasteiger partial charge in [0.15, 0.2) is 5.78 Å². The summed E-state index contributed by atoms with van der Waals surface area (Å²) in [7, 11) is 0. The number of nitrogens with zero attached hydrogens (tertiary/aromatic N) is 2. The monoisotopic (exact) mass is 468 g/mol. The fraction of sp³-hybridized carbons (Fsp3) is 0.0455. The van der Waals surface area contributed by atoms with Crippen LogP contribution in [-0.2, 0) is 4.79 Å². The molecular formula is C22H13ClN2O6S. The molecule has 0 radical (unpaired) electrons. The quantitative estimate of drug-likeness (QED) is 0.205. The highest BCUT2D eigenvalue weighted by atomic mass is 35.5. The van der Waals surface area contributed by atoms with Gasteiger partial charge >= 0.3 is 0 Å². The van der Waals surface area contributed by atoms with E-state index in [2.05, 4.69) is 0 Å². The Morgan fingerprint density at radius 2 is 1.88 bits per heavy atom. The number of imide groups is 1. The predicted octanol–water partition coefficient (Wildman–Crippen LogP) is 5.43. The second kappa shape index (κ2) is 8.81. The van der Waals surface area contributed by atoms with Gasteiger partial charge in [-0.25, -0.2) is 0 Å². The van der Waals surface area contributed by atoms with Crippen LogP contribution in [0.2, 0.25) is 5.02 Å². The molecule has 32 heavy (non-hydrogen) atoms. The normalized spacial score (nSPS) is 14.9. The van der Waals surface area contributed by atoms with Crippen LogP contribution >= 0.6 is 23.4 Å². The smallest absolute Gasteiger partial charge is 0.293 e. The van der Waals surface area contributed by atoms with E-state index < -0.39 is 21.9 Å². The van der Waals surface area contributed by atoms with Gasteiger partial charge < -0.3 is 4.42 Å². The molecule has 1 aliphatic rings. The van der Waals surface area contributed by atoms with Crippen molar-refractivity contribution in [2.45, 2.75) is 0 Å². The summed E-state index contributed by atoms with van der Waals surface area (Å²) in [6, 6.07) is 15.3. The van der Waals surface area contributed by atoms with E-state index in [1.165, 1.54) is 30.3 Å². The highest BCUT2D eigenvalue weighted by Gasteiger charge is 2.36. The molecule has 0 N–H and O–H groups in total. The lowest BCUT2D eigenvalue weighted by atomic mass is 10.1. The third-order valence-electron chi connectivity index (χ3n) is 4.58. The van der Waals surface area contributed by atoms with Gasteiger partial charge in [0.05, 0.1) is 16.4 Å². The number of nitro benzene ring substituents is 1. The fourth-order valence-electron chi connectivity index (χ4n) is 2.99. The van der Waals surface area contributed by atoms with Crippen LogP contribution in [-0.4, -0.2) is 33.3 Å². The van der Waals surface area contributed by atoms with Crippen molar-refractivity contribution >= 4 is 52.1 Å². The number of nitro groups is 1. The molecule has 2 amide bonds. The van der Waals surface area contributed by atoms with Crippen LogP contribution in [0.3, 0.4) is 0 Å².